The molecule has 4 nitrogen and oxygen atoms in total. The highest BCUT2D eigenvalue weighted by Crippen LogP contribution is 2.22. The van der Waals surface area contributed by atoms with Gasteiger partial charge in [-0.1, -0.05) is 13.0 Å². The van der Waals surface area contributed by atoms with E-state index in [1.165, 1.54) is 17.1 Å². The Morgan fingerprint density at radius 1 is 1.37 bits per heavy atom. The van der Waals surface area contributed by atoms with E-state index < -0.39 is 10.0 Å². The third-order valence-corrected chi connectivity index (χ3v) is 5.56. The van der Waals surface area contributed by atoms with Gasteiger partial charge in [0, 0.05) is 26.2 Å². The number of rotatable bonds is 6. The van der Waals surface area contributed by atoms with Gasteiger partial charge < -0.3 is 5.32 Å². The van der Waals surface area contributed by atoms with Crippen molar-refractivity contribution in [2.45, 2.75) is 44.2 Å². The second kappa shape index (κ2) is 5.61. The molecule has 1 saturated carbocycles. The Balaban J connectivity index is 2.23. The monoisotopic (exact) mass is 282 g/mol. The van der Waals surface area contributed by atoms with Gasteiger partial charge in [-0.25, -0.2) is 12.7 Å². The van der Waals surface area contributed by atoms with Gasteiger partial charge in [0.25, 0.3) is 0 Å². The molecule has 0 radical (unpaired) electrons. The number of hydrogen-bond acceptors (Lipinski definition) is 3. The minimum absolute atomic E-state index is 0.384. The maximum Gasteiger partial charge on any atom is 0.242 e. The summed E-state index contributed by atoms with van der Waals surface area (Å²) >= 11 is 0. The first-order valence-corrected chi connectivity index (χ1v) is 8.18. The van der Waals surface area contributed by atoms with Crippen LogP contribution in [0.15, 0.2) is 23.1 Å². The fourth-order valence-electron chi connectivity index (χ4n) is 1.89. The molecule has 106 valence electrons. The van der Waals surface area contributed by atoms with E-state index in [1.54, 1.807) is 19.2 Å². The maximum absolute atomic E-state index is 12.3. The largest absolute Gasteiger partial charge is 0.310 e. The molecule has 0 aliphatic heterocycles. The summed E-state index contributed by atoms with van der Waals surface area (Å²) < 4.78 is 25.9. The zero-order valence-electron chi connectivity index (χ0n) is 11.8. The van der Waals surface area contributed by atoms with Crippen molar-refractivity contribution in [1.82, 2.24) is 9.62 Å². The van der Waals surface area contributed by atoms with E-state index in [9.17, 15) is 8.42 Å². The number of nitrogens with zero attached hydrogens (tertiary/aromatic N) is 1. The van der Waals surface area contributed by atoms with Crippen molar-refractivity contribution in [2.75, 3.05) is 13.6 Å². The molecule has 0 bridgehead atoms. The van der Waals surface area contributed by atoms with Crippen LogP contribution in [-0.2, 0) is 16.6 Å². The van der Waals surface area contributed by atoms with Crippen LogP contribution in [0.25, 0.3) is 0 Å². The maximum atomic E-state index is 12.3. The van der Waals surface area contributed by atoms with Crippen molar-refractivity contribution in [1.29, 1.82) is 0 Å². The molecule has 0 saturated heterocycles. The predicted octanol–water partition coefficient (Wildman–Crippen LogP) is 1.89. The highest BCUT2D eigenvalue weighted by atomic mass is 32.2. The molecule has 1 fully saturated rings. The first-order chi connectivity index (χ1) is 8.95. The molecule has 2 rings (SSSR count). The standard InChI is InChI=1S/C14H22N2O2S/c1-4-16(3)19(17,18)14-8-5-11(2)12(9-14)10-15-13-6-7-13/h5,8-9,13,15H,4,6-7,10H2,1-3H3. The number of benzene rings is 1. The molecule has 1 aliphatic rings. The predicted molar refractivity (Wildman–Crippen MR) is 76.5 cm³/mol. The van der Waals surface area contributed by atoms with Crippen molar-refractivity contribution < 1.29 is 8.42 Å². The third-order valence-electron chi connectivity index (χ3n) is 3.63. The molecule has 1 aromatic carbocycles. The highest BCUT2D eigenvalue weighted by molar-refractivity contribution is 7.89. The van der Waals surface area contributed by atoms with Gasteiger partial charge in [-0.05, 0) is 43.0 Å². The number of hydrogen-bond donors (Lipinski definition) is 1. The summed E-state index contributed by atoms with van der Waals surface area (Å²) in [5.41, 5.74) is 2.20. The quantitative estimate of drug-likeness (QED) is 0.867. The second-order valence-corrected chi connectivity index (χ2v) is 7.21. The Kier molecular flexibility index (Phi) is 4.28. The summed E-state index contributed by atoms with van der Waals surface area (Å²) in [5, 5.41) is 3.43. The molecule has 0 spiro atoms. The van der Waals surface area contributed by atoms with Gasteiger partial charge in [0.2, 0.25) is 10.0 Å². The van der Waals surface area contributed by atoms with Crippen LogP contribution in [0.5, 0.6) is 0 Å². The van der Waals surface area contributed by atoms with Gasteiger partial charge in [-0.15, -0.1) is 0 Å². The average Bonchev–Trinajstić information content (AvgIpc) is 3.20. The van der Waals surface area contributed by atoms with Crippen molar-refractivity contribution >= 4 is 10.0 Å². The smallest absolute Gasteiger partial charge is 0.242 e. The summed E-state index contributed by atoms with van der Waals surface area (Å²) in [4.78, 5) is 0.384. The fourth-order valence-corrected chi connectivity index (χ4v) is 3.12. The Labute approximate surface area is 115 Å². The lowest BCUT2D eigenvalue weighted by molar-refractivity contribution is 0.486. The van der Waals surface area contributed by atoms with Crippen LogP contribution in [0, 0.1) is 6.92 Å². The van der Waals surface area contributed by atoms with Crippen LogP contribution in [0.2, 0.25) is 0 Å². The van der Waals surface area contributed by atoms with E-state index >= 15 is 0 Å². The van der Waals surface area contributed by atoms with E-state index in [1.807, 2.05) is 19.9 Å². The normalized spacial score (nSPS) is 16.0. The molecule has 1 aliphatic carbocycles. The van der Waals surface area contributed by atoms with E-state index in [0.29, 0.717) is 17.5 Å². The SMILES string of the molecule is CCN(C)S(=O)(=O)c1ccc(C)c(CNC2CC2)c1. The molecule has 1 aromatic rings. The van der Waals surface area contributed by atoms with Crippen molar-refractivity contribution in [3.8, 4) is 0 Å². The first-order valence-electron chi connectivity index (χ1n) is 6.74. The van der Waals surface area contributed by atoms with Crippen LogP contribution < -0.4 is 5.32 Å². The Hall–Kier alpha value is -0.910. The molecule has 0 amide bonds. The molecular formula is C14H22N2O2S. The van der Waals surface area contributed by atoms with Crippen LogP contribution in [0.4, 0.5) is 0 Å². The molecule has 0 atom stereocenters. The molecule has 19 heavy (non-hydrogen) atoms. The first kappa shape index (κ1) is 14.5. The van der Waals surface area contributed by atoms with Crippen LogP contribution in [0.3, 0.4) is 0 Å². The molecule has 0 unspecified atom stereocenters. The lowest BCUT2D eigenvalue weighted by Crippen LogP contribution is -2.26. The van der Waals surface area contributed by atoms with Crippen LogP contribution in [0.1, 0.15) is 30.9 Å². The van der Waals surface area contributed by atoms with Crippen molar-refractivity contribution in [2.24, 2.45) is 0 Å². The molecule has 5 heteroatoms. The topological polar surface area (TPSA) is 49.4 Å². The average molecular weight is 282 g/mol. The van der Waals surface area contributed by atoms with Gasteiger partial charge in [-0.2, -0.15) is 0 Å². The van der Waals surface area contributed by atoms with E-state index in [4.69, 9.17) is 0 Å². The van der Waals surface area contributed by atoms with Crippen LogP contribution >= 0.6 is 0 Å². The minimum atomic E-state index is -3.35. The lowest BCUT2D eigenvalue weighted by atomic mass is 10.1. The van der Waals surface area contributed by atoms with Gasteiger partial charge in [0.1, 0.15) is 0 Å². The summed E-state index contributed by atoms with van der Waals surface area (Å²) in [6.07, 6.45) is 2.46. The molecular weight excluding hydrogens is 260 g/mol. The van der Waals surface area contributed by atoms with E-state index in [2.05, 4.69) is 5.32 Å². The number of nitrogens with one attached hydrogen (secondary N) is 1. The lowest BCUT2D eigenvalue weighted by Gasteiger charge is -2.16. The van der Waals surface area contributed by atoms with Crippen LogP contribution in [-0.4, -0.2) is 32.4 Å². The van der Waals surface area contributed by atoms with Crippen molar-refractivity contribution in [3.05, 3.63) is 29.3 Å². The highest BCUT2D eigenvalue weighted by Gasteiger charge is 2.22. The minimum Gasteiger partial charge on any atom is -0.310 e. The molecule has 1 N–H and O–H groups in total. The van der Waals surface area contributed by atoms with E-state index in [0.717, 1.165) is 17.7 Å². The summed E-state index contributed by atoms with van der Waals surface area (Å²) in [7, 11) is -1.74. The summed E-state index contributed by atoms with van der Waals surface area (Å²) in [6.45, 7) is 5.08. The van der Waals surface area contributed by atoms with Gasteiger partial charge in [-0.3, -0.25) is 0 Å². The van der Waals surface area contributed by atoms with Crippen molar-refractivity contribution in [3.63, 3.8) is 0 Å². The zero-order chi connectivity index (χ0) is 14.0. The summed E-state index contributed by atoms with van der Waals surface area (Å²) in [6, 6.07) is 6.00. The molecule has 0 aromatic heterocycles. The van der Waals surface area contributed by atoms with E-state index in [-0.39, 0.29) is 0 Å². The Morgan fingerprint density at radius 2 is 2.05 bits per heavy atom. The summed E-state index contributed by atoms with van der Waals surface area (Å²) in [5.74, 6) is 0. The van der Waals surface area contributed by atoms with Gasteiger partial charge in [0.05, 0.1) is 4.90 Å². The van der Waals surface area contributed by atoms with Gasteiger partial charge >= 0.3 is 0 Å². The third kappa shape index (κ3) is 3.35. The number of sulfonamides is 1. The van der Waals surface area contributed by atoms with Gasteiger partial charge in [0.15, 0.2) is 0 Å². The Bertz CT molecular complexity index is 551. The molecule has 0 heterocycles. The second-order valence-electron chi connectivity index (χ2n) is 5.16. The fraction of sp³-hybridized carbons (Fsp3) is 0.571. The zero-order valence-corrected chi connectivity index (χ0v) is 12.6. The number of aryl methyl sites for hydroxylation is 1. The Morgan fingerprint density at radius 3 is 2.63 bits per heavy atom.